The lowest BCUT2D eigenvalue weighted by Gasteiger charge is -2.35. The number of nitrogens with zero attached hydrogens (tertiary/aromatic N) is 6. The van der Waals surface area contributed by atoms with Crippen LogP contribution in [0.1, 0.15) is 5.56 Å². The van der Waals surface area contributed by atoms with Gasteiger partial charge in [0.2, 0.25) is 0 Å². The maximum atomic E-state index is 9.08. The molecule has 2 aromatic heterocycles. The van der Waals surface area contributed by atoms with E-state index in [4.69, 9.17) is 5.11 Å². The van der Waals surface area contributed by atoms with Crippen molar-refractivity contribution in [2.45, 2.75) is 6.92 Å². The second-order valence-electron chi connectivity index (χ2n) is 6.38. The van der Waals surface area contributed by atoms with E-state index in [0.29, 0.717) is 0 Å². The van der Waals surface area contributed by atoms with Gasteiger partial charge in [0, 0.05) is 32.7 Å². The fourth-order valence-electron chi connectivity index (χ4n) is 3.28. The van der Waals surface area contributed by atoms with Gasteiger partial charge in [0.25, 0.3) is 0 Å². The van der Waals surface area contributed by atoms with Crippen LogP contribution in [-0.4, -0.2) is 69.1 Å². The molecular weight excluding hydrogens is 316 g/mol. The molecule has 4 rings (SSSR count). The number of hydrogen-bond donors (Lipinski definition) is 1. The van der Waals surface area contributed by atoms with E-state index >= 15 is 0 Å². The molecule has 1 aromatic carbocycles. The third-order valence-corrected chi connectivity index (χ3v) is 4.71. The summed E-state index contributed by atoms with van der Waals surface area (Å²) in [5.41, 5.74) is 3.04. The zero-order valence-electron chi connectivity index (χ0n) is 14.3. The van der Waals surface area contributed by atoms with E-state index in [1.165, 1.54) is 5.56 Å². The highest BCUT2D eigenvalue weighted by atomic mass is 16.3. The molecule has 0 saturated carbocycles. The zero-order valence-corrected chi connectivity index (χ0v) is 14.3. The van der Waals surface area contributed by atoms with Crippen LogP contribution in [0.5, 0.6) is 0 Å². The predicted octanol–water partition coefficient (Wildman–Crippen LogP) is 1.24. The van der Waals surface area contributed by atoms with E-state index in [9.17, 15) is 0 Å². The van der Waals surface area contributed by atoms with Gasteiger partial charge in [-0.3, -0.25) is 4.90 Å². The third-order valence-electron chi connectivity index (χ3n) is 4.71. The second-order valence-corrected chi connectivity index (χ2v) is 6.38. The van der Waals surface area contributed by atoms with E-state index in [2.05, 4.69) is 56.1 Å². The van der Waals surface area contributed by atoms with Gasteiger partial charge in [-0.1, -0.05) is 17.7 Å². The fourth-order valence-corrected chi connectivity index (χ4v) is 3.28. The van der Waals surface area contributed by atoms with Crippen molar-refractivity contribution < 1.29 is 5.11 Å². The number of rotatable bonds is 4. The molecule has 0 aliphatic carbocycles. The minimum atomic E-state index is 0.209. The molecule has 25 heavy (non-hydrogen) atoms. The lowest BCUT2D eigenvalue weighted by Crippen LogP contribution is -2.47. The molecule has 0 amide bonds. The Bertz CT molecular complexity index is 852. The van der Waals surface area contributed by atoms with Crippen molar-refractivity contribution >= 4 is 16.9 Å². The minimum Gasteiger partial charge on any atom is -0.395 e. The average Bonchev–Trinajstić information content (AvgIpc) is 3.08. The summed E-state index contributed by atoms with van der Waals surface area (Å²) in [6, 6.07) is 8.26. The van der Waals surface area contributed by atoms with Crippen molar-refractivity contribution in [2.24, 2.45) is 0 Å². The Balaban J connectivity index is 1.65. The van der Waals surface area contributed by atoms with Crippen molar-refractivity contribution in [3.05, 3.63) is 42.4 Å². The predicted molar refractivity (Wildman–Crippen MR) is 97.1 cm³/mol. The van der Waals surface area contributed by atoms with Crippen molar-refractivity contribution in [1.29, 1.82) is 0 Å². The summed E-state index contributed by atoms with van der Waals surface area (Å²) in [5, 5.41) is 14.6. The number of benzene rings is 1. The number of aliphatic hydroxyl groups is 1. The monoisotopic (exact) mass is 338 g/mol. The number of anilines is 1. The van der Waals surface area contributed by atoms with Crippen LogP contribution >= 0.6 is 0 Å². The van der Waals surface area contributed by atoms with Crippen LogP contribution in [0.25, 0.3) is 16.7 Å². The van der Waals surface area contributed by atoms with E-state index in [1.807, 2.05) is 10.9 Å². The number of aliphatic hydroxyl groups excluding tert-OH is 1. The summed E-state index contributed by atoms with van der Waals surface area (Å²) in [5.74, 6) is 0.937. The molecule has 7 heteroatoms. The number of β-amino-alcohol motifs (C(OH)–C–C–N with tert-alkyl or cyclic N) is 1. The Morgan fingerprint density at radius 1 is 1.04 bits per heavy atom. The van der Waals surface area contributed by atoms with Crippen molar-refractivity contribution in [2.75, 3.05) is 44.2 Å². The molecule has 3 heterocycles. The summed E-state index contributed by atoms with van der Waals surface area (Å²) in [7, 11) is 0. The average molecular weight is 338 g/mol. The number of piperazine rings is 1. The zero-order chi connectivity index (χ0) is 17.2. The molecule has 0 unspecified atom stereocenters. The van der Waals surface area contributed by atoms with Crippen LogP contribution in [0.4, 0.5) is 5.82 Å². The van der Waals surface area contributed by atoms with E-state index in [1.54, 1.807) is 6.33 Å². The van der Waals surface area contributed by atoms with E-state index in [0.717, 1.165) is 55.3 Å². The normalized spacial score (nSPS) is 15.8. The van der Waals surface area contributed by atoms with Crippen LogP contribution in [0.3, 0.4) is 0 Å². The quantitative estimate of drug-likeness (QED) is 0.772. The first-order valence-electron chi connectivity index (χ1n) is 8.60. The smallest absolute Gasteiger partial charge is 0.168 e. The molecule has 0 radical (unpaired) electrons. The van der Waals surface area contributed by atoms with Crippen molar-refractivity contribution in [3.8, 4) is 5.69 Å². The molecule has 7 nitrogen and oxygen atoms in total. The van der Waals surface area contributed by atoms with Crippen LogP contribution in [0.2, 0.25) is 0 Å². The topological polar surface area (TPSA) is 70.3 Å². The summed E-state index contributed by atoms with van der Waals surface area (Å²) in [4.78, 5) is 13.5. The standard InChI is InChI=1S/C18H22N6O/c1-14-2-4-15(5-3-14)24-18-16(12-21-24)17(19-13-20-18)23-8-6-22(7-9-23)10-11-25/h2-5,12-13,25H,6-11H2,1H3. The first kappa shape index (κ1) is 16.0. The minimum absolute atomic E-state index is 0.209. The third kappa shape index (κ3) is 3.08. The highest BCUT2D eigenvalue weighted by Gasteiger charge is 2.21. The maximum absolute atomic E-state index is 9.08. The number of fused-ring (bicyclic) bond motifs is 1. The summed E-state index contributed by atoms with van der Waals surface area (Å²) in [6.45, 7) is 6.65. The lowest BCUT2D eigenvalue weighted by atomic mass is 10.2. The second kappa shape index (κ2) is 6.78. The van der Waals surface area contributed by atoms with Gasteiger partial charge in [0.05, 0.1) is 23.9 Å². The number of aromatic nitrogens is 4. The summed E-state index contributed by atoms with van der Waals surface area (Å²) in [6.07, 6.45) is 3.47. The highest BCUT2D eigenvalue weighted by molar-refractivity contribution is 5.87. The van der Waals surface area contributed by atoms with Gasteiger partial charge in [-0.15, -0.1) is 0 Å². The van der Waals surface area contributed by atoms with Gasteiger partial charge in [0.15, 0.2) is 5.65 Å². The summed E-state index contributed by atoms with van der Waals surface area (Å²) < 4.78 is 1.86. The van der Waals surface area contributed by atoms with Gasteiger partial charge >= 0.3 is 0 Å². The highest BCUT2D eigenvalue weighted by Crippen LogP contribution is 2.25. The first-order chi connectivity index (χ1) is 12.3. The molecule has 0 bridgehead atoms. The molecule has 1 aliphatic heterocycles. The van der Waals surface area contributed by atoms with Crippen LogP contribution in [0.15, 0.2) is 36.8 Å². The van der Waals surface area contributed by atoms with Crippen LogP contribution in [0, 0.1) is 6.92 Å². The molecule has 1 fully saturated rings. The Labute approximate surface area is 146 Å². The number of hydrogen-bond acceptors (Lipinski definition) is 6. The molecule has 1 aliphatic rings. The van der Waals surface area contributed by atoms with Crippen LogP contribution in [-0.2, 0) is 0 Å². The van der Waals surface area contributed by atoms with Gasteiger partial charge in [-0.2, -0.15) is 5.10 Å². The Hall–Kier alpha value is -2.51. The largest absolute Gasteiger partial charge is 0.395 e. The Kier molecular flexibility index (Phi) is 4.33. The molecule has 0 atom stereocenters. The molecule has 130 valence electrons. The fraction of sp³-hybridized carbons (Fsp3) is 0.389. The van der Waals surface area contributed by atoms with Crippen molar-refractivity contribution in [1.82, 2.24) is 24.6 Å². The van der Waals surface area contributed by atoms with Gasteiger partial charge in [0.1, 0.15) is 12.1 Å². The van der Waals surface area contributed by atoms with E-state index in [-0.39, 0.29) is 6.61 Å². The Morgan fingerprint density at radius 3 is 2.52 bits per heavy atom. The van der Waals surface area contributed by atoms with E-state index < -0.39 is 0 Å². The van der Waals surface area contributed by atoms with Gasteiger partial charge < -0.3 is 10.0 Å². The van der Waals surface area contributed by atoms with Gasteiger partial charge in [-0.25, -0.2) is 14.6 Å². The Morgan fingerprint density at radius 2 is 1.80 bits per heavy atom. The van der Waals surface area contributed by atoms with Crippen LogP contribution < -0.4 is 4.90 Å². The first-order valence-corrected chi connectivity index (χ1v) is 8.60. The van der Waals surface area contributed by atoms with Crippen molar-refractivity contribution in [3.63, 3.8) is 0 Å². The molecule has 0 spiro atoms. The maximum Gasteiger partial charge on any atom is 0.168 e. The lowest BCUT2D eigenvalue weighted by molar-refractivity contribution is 0.188. The SMILES string of the molecule is Cc1ccc(-n2ncc3c(N4CCN(CCO)CC4)ncnc32)cc1. The number of aryl methyl sites for hydroxylation is 1. The molecule has 1 N–H and O–H groups in total. The summed E-state index contributed by atoms with van der Waals surface area (Å²) >= 11 is 0. The molecule has 1 saturated heterocycles. The molecule has 3 aromatic rings. The molecular formula is C18H22N6O. The van der Waals surface area contributed by atoms with Gasteiger partial charge in [-0.05, 0) is 19.1 Å².